The summed E-state index contributed by atoms with van der Waals surface area (Å²) in [7, 11) is -3.92. The molecule has 4 aromatic rings. The van der Waals surface area contributed by atoms with Crippen molar-refractivity contribution in [3.05, 3.63) is 95.3 Å². The number of sulfonamides is 1. The monoisotopic (exact) mass is 434 g/mol. The van der Waals surface area contributed by atoms with Crippen molar-refractivity contribution >= 4 is 27.0 Å². The molecule has 0 unspecified atom stereocenters. The number of aryl methyl sites for hydroxylation is 1. The van der Waals surface area contributed by atoms with Crippen LogP contribution in [0.1, 0.15) is 33.4 Å². The summed E-state index contributed by atoms with van der Waals surface area (Å²) < 4.78 is 23.5. The third-order valence-corrected chi connectivity index (χ3v) is 6.02. The van der Waals surface area contributed by atoms with Crippen LogP contribution < -0.4 is 10.5 Å². The summed E-state index contributed by atoms with van der Waals surface area (Å²) in [6.45, 7) is 1.75. The number of primary sulfonamides is 1. The van der Waals surface area contributed by atoms with Crippen LogP contribution in [0.25, 0.3) is 11.0 Å². The number of aromatic amines is 1. The fourth-order valence-electron chi connectivity index (χ4n) is 3.46. The van der Waals surface area contributed by atoms with Crippen molar-refractivity contribution in [2.24, 2.45) is 5.14 Å². The van der Waals surface area contributed by atoms with Crippen LogP contribution in [0.5, 0.6) is 0 Å². The molecule has 31 heavy (non-hydrogen) atoms. The zero-order valence-electron chi connectivity index (χ0n) is 16.9. The zero-order chi connectivity index (χ0) is 22.0. The van der Waals surface area contributed by atoms with Gasteiger partial charge in [0.25, 0.3) is 5.91 Å². The SMILES string of the molecule is Cc1ccc(S(N)(=O)=O)cc1C(=O)N[C@@H](Cc1ccccc1)c1nc2ccccc2[nH]1. The van der Waals surface area contributed by atoms with Crippen LogP contribution >= 0.6 is 0 Å². The molecular weight excluding hydrogens is 412 g/mol. The average Bonchev–Trinajstić information content (AvgIpc) is 3.17. The highest BCUT2D eigenvalue weighted by Gasteiger charge is 2.22. The molecule has 7 nitrogen and oxygen atoms in total. The number of nitrogens with zero attached hydrogens (tertiary/aromatic N) is 1. The minimum absolute atomic E-state index is 0.105. The maximum atomic E-state index is 13.1. The number of aromatic nitrogens is 2. The minimum Gasteiger partial charge on any atom is -0.342 e. The van der Waals surface area contributed by atoms with Gasteiger partial charge in [-0.1, -0.05) is 48.5 Å². The lowest BCUT2D eigenvalue weighted by molar-refractivity contribution is 0.0934. The fraction of sp³-hybridized carbons (Fsp3) is 0.130. The minimum atomic E-state index is -3.92. The molecule has 0 bridgehead atoms. The van der Waals surface area contributed by atoms with Gasteiger partial charge in [0.2, 0.25) is 10.0 Å². The number of imidazole rings is 1. The number of fused-ring (bicyclic) bond motifs is 1. The van der Waals surface area contributed by atoms with Crippen molar-refractivity contribution in [2.45, 2.75) is 24.3 Å². The Morgan fingerprint density at radius 3 is 2.48 bits per heavy atom. The number of rotatable bonds is 6. The van der Waals surface area contributed by atoms with Gasteiger partial charge in [0.05, 0.1) is 22.0 Å². The van der Waals surface area contributed by atoms with Crippen molar-refractivity contribution in [2.75, 3.05) is 0 Å². The van der Waals surface area contributed by atoms with Crippen LogP contribution in [0.4, 0.5) is 0 Å². The summed E-state index contributed by atoms with van der Waals surface area (Å²) in [5.74, 6) is 0.225. The molecule has 8 heteroatoms. The predicted molar refractivity (Wildman–Crippen MR) is 119 cm³/mol. The Morgan fingerprint density at radius 2 is 1.77 bits per heavy atom. The van der Waals surface area contributed by atoms with E-state index in [1.807, 2.05) is 54.6 Å². The van der Waals surface area contributed by atoms with Gasteiger partial charge in [-0.25, -0.2) is 18.5 Å². The molecule has 4 rings (SSSR count). The standard InChI is InChI=1S/C23H22N4O3S/c1-15-11-12-17(31(24,29)30)14-18(15)23(28)27-21(13-16-7-3-2-4-8-16)22-25-19-9-5-6-10-20(19)26-22/h2-12,14,21H,13H2,1H3,(H,25,26)(H,27,28)(H2,24,29,30)/t21-/m0/s1. The number of H-pyrrole nitrogens is 1. The van der Waals surface area contributed by atoms with Gasteiger partial charge in [-0.05, 0) is 48.7 Å². The first-order valence-electron chi connectivity index (χ1n) is 9.74. The number of carbonyl (C=O) groups is 1. The van der Waals surface area contributed by atoms with Gasteiger partial charge >= 0.3 is 0 Å². The van der Waals surface area contributed by atoms with Gasteiger partial charge in [0, 0.05) is 5.56 Å². The van der Waals surface area contributed by atoms with E-state index in [9.17, 15) is 13.2 Å². The molecule has 4 N–H and O–H groups in total. The summed E-state index contributed by atoms with van der Waals surface area (Å²) in [6.07, 6.45) is 0.514. The summed E-state index contributed by atoms with van der Waals surface area (Å²) in [5.41, 5.74) is 3.60. The molecule has 158 valence electrons. The van der Waals surface area contributed by atoms with Crippen molar-refractivity contribution in [1.82, 2.24) is 15.3 Å². The number of nitrogens with one attached hydrogen (secondary N) is 2. The van der Waals surface area contributed by atoms with Gasteiger partial charge in [-0.3, -0.25) is 4.79 Å². The van der Waals surface area contributed by atoms with E-state index in [1.54, 1.807) is 13.0 Å². The number of carbonyl (C=O) groups excluding carboxylic acids is 1. The van der Waals surface area contributed by atoms with E-state index in [1.165, 1.54) is 12.1 Å². The summed E-state index contributed by atoms with van der Waals surface area (Å²) in [4.78, 5) is 21.0. The second-order valence-corrected chi connectivity index (χ2v) is 8.94. The van der Waals surface area contributed by atoms with Crippen molar-refractivity contribution in [1.29, 1.82) is 0 Å². The van der Waals surface area contributed by atoms with Gasteiger partial charge in [0.15, 0.2) is 0 Å². The Labute approximate surface area is 180 Å². The predicted octanol–water partition coefficient (Wildman–Crippen LogP) is 3.23. The molecule has 1 amide bonds. The zero-order valence-corrected chi connectivity index (χ0v) is 17.7. The molecule has 0 aliphatic rings. The third-order valence-electron chi connectivity index (χ3n) is 5.11. The van der Waals surface area contributed by atoms with Gasteiger partial charge in [0.1, 0.15) is 5.82 Å². The molecular formula is C23H22N4O3S. The van der Waals surface area contributed by atoms with Crippen LogP contribution in [0.3, 0.4) is 0 Å². The second-order valence-electron chi connectivity index (χ2n) is 7.38. The van der Waals surface area contributed by atoms with Crippen LogP contribution in [0.15, 0.2) is 77.7 Å². The van der Waals surface area contributed by atoms with E-state index >= 15 is 0 Å². The van der Waals surface area contributed by atoms with Gasteiger partial charge < -0.3 is 10.3 Å². The number of amides is 1. The maximum absolute atomic E-state index is 13.1. The number of para-hydroxylation sites is 2. The van der Waals surface area contributed by atoms with Crippen LogP contribution in [-0.4, -0.2) is 24.3 Å². The van der Waals surface area contributed by atoms with E-state index in [4.69, 9.17) is 5.14 Å². The van der Waals surface area contributed by atoms with Crippen molar-refractivity contribution in [3.63, 3.8) is 0 Å². The Balaban J connectivity index is 1.70. The molecule has 1 heterocycles. The number of benzene rings is 3. The summed E-state index contributed by atoms with van der Waals surface area (Å²) in [6, 6.07) is 21.2. The van der Waals surface area contributed by atoms with Gasteiger partial charge in [-0.15, -0.1) is 0 Å². The number of nitrogens with two attached hydrogens (primary N) is 1. The molecule has 0 radical (unpaired) electrons. The first kappa shape index (κ1) is 20.8. The Morgan fingerprint density at radius 1 is 1.06 bits per heavy atom. The topological polar surface area (TPSA) is 118 Å². The lowest BCUT2D eigenvalue weighted by Gasteiger charge is -2.18. The molecule has 0 fully saturated rings. The quantitative estimate of drug-likeness (QED) is 0.432. The number of hydrogen-bond acceptors (Lipinski definition) is 4. The maximum Gasteiger partial charge on any atom is 0.252 e. The Kier molecular flexibility index (Phi) is 5.58. The van der Waals surface area contributed by atoms with E-state index < -0.39 is 22.0 Å². The van der Waals surface area contributed by atoms with E-state index in [0.29, 0.717) is 17.8 Å². The Bertz CT molecular complexity index is 1310. The molecule has 3 aromatic carbocycles. The highest BCUT2D eigenvalue weighted by atomic mass is 32.2. The van der Waals surface area contributed by atoms with Crippen molar-refractivity contribution in [3.8, 4) is 0 Å². The second kappa shape index (κ2) is 8.33. The lowest BCUT2D eigenvalue weighted by Crippen LogP contribution is -2.31. The van der Waals surface area contributed by atoms with Gasteiger partial charge in [-0.2, -0.15) is 0 Å². The first-order chi connectivity index (χ1) is 14.8. The summed E-state index contributed by atoms with van der Waals surface area (Å²) in [5, 5.41) is 8.25. The highest BCUT2D eigenvalue weighted by molar-refractivity contribution is 7.89. The molecule has 0 spiro atoms. The Hall–Kier alpha value is -3.49. The molecule has 0 saturated heterocycles. The molecule has 1 aromatic heterocycles. The lowest BCUT2D eigenvalue weighted by atomic mass is 10.0. The van der Waals surface area contributed by atoms with E-state index in [-0.39, 0.29) is 10.5 Å². The average molecular weight is 435 g/mol. The molecule has 0 aliphatic carbocycles. The van der Waals surface area contributed by atoms with E-state index in [2.05, 4.69) is 15.3 Å². The third kappa shape index (κ3) is 4.65. The van der Waals surface area contributed by atoms with Crippen LogP contribution in [0.2, 0.25) is 0 Å². The largest absolute Gasteiger partial charge is 0.342 e. The summed E-state index contributed by atoms with van der Waals surface area (Å²) >= 11 is 0. The highest BCUT2D eigenvalue weighted by Crippen LogP contribution is 2.22. The van der Waals surface area contributed by atoms with Crippen molar-refractivity contribution < 1.29 is 13.2 Å². The molecule has 1 atom stereocenters. The first-order valence-corrected chi connectivity index (χ1v) is 11.3. The smallest absolute Gasteiger partial charge is 0.252 e. The molecule has 0 saturated carbocycles. The fourth-order valence-corrected chi connectivity index (χ4v) is 4.00. The van der Waals surface area contributed by atoms with Crippen LogP contribution in [0, 0.1) is 6.92 Å². The van der Waals surface area contributed by atoms with E-state index in [0.717, 1.165) is 16.6 Å². The normalized spacial score (nSPS) is 12.6. The number of hydrogen-bond donors (Lipinski definition) is 3. The van der Waals surface area contributed by atoms with Crippen LogP contribution in [-0.2, 0) is 16.4 Å². The molecule has 0 aliphatic heterocycles.